The first-order valence-electron chi connectivity index (χ1n) is 9.65. The molecule has 0 spiro atoms. The van der Waals surface area contributed by atoms with Gasteiger partial charge >= 0.3 is 0 Å². The number of nitrogens with two attached hydrogens (primary N) is 1. The van der Waals surface area contributed by atoms with Crippen LogP contribution in [-0.4, -0.2) is 39.5 Å². The van der Waals surface area contributed by atoms with E-state index < -0.39 is 16.9 Å². The summed E-state index contributed by atoms with van der Waals surface area (Å²) in [7, 11) is 1.45. The number of benzene rings is 2. The lowest BCUT2D eigenvalue weighted by Crippen LogP contribution is -2.13. The fourth-order valence-corrected chi connectivity index (χ4v) is 3.11. The first-order chi connectivity index (χ1) is 14.9. The van der Waals surface area contributed by atoms with Crippen molar-refractivity contribution in [1.29, 1.82) is 0 Å². The molecule has 0 fully saturated rings. The molecule has 2 N–H and O–H groups in total. The van der Waals surface area contributed by atoms with Crippen molar-refractivity contribution in [3.05, 3.63) is 64.3 Å². The number of nitro benzene ring substituents is 1. The van der Waals surface area contributed by atoms with Gasteiger partial charge in [0.1, 0.15) is 5.69 Å². The van der Waals surface area contributed by atoms with Crippen LogP contribution in [0.4, 0.5) is 5.69 Å². The lowest BCUT2D eigenvalue weighted by atomic mass is 10.0. The van der Waals surface area contributed by atoms with Crippen LogP contribution in [0.3, 0.4) is 0 Å². The molecule has 0 aliphatic heterocycles. The maximum atomic E-state index is 11.8. The van der Waals surface area contributed by atoms with E-state index in [4.69, 9.17) is 15.2 Å². The maximum Gasteiger partial charge on any atom is 0.278 e. The SMILES string of the molecule is COc1cc(C(C)n2cc(-c3ccccc3)nn2)c([N+](=O)[O-])cc1OCCCC(N)=O. The third-order valence-corrected chi connectivity index (χ3v) is 4.76. The first-order valence-corrected chi connectivity index (χ1v) is 9.65. The number of hydrogen-bond donors (Lipinski definition) is 1. The maximum absolute atomic E-state index is 11.8. The zero-order valence-corrected chi connectivity index (χ0v) is 17.2. The van der Waals surface area contributed by atoms with E-state index in [2.05, 4.69) is 10.3 Å². The number of amides is 1. The molecule has 0 saturated heterocycles. The van der Waals surface area contributed by atoms with Gasteiger partial charge in [-0.3, -0.25) is 14.9 Å². The summed E-state index contributed by atoms with van der Waals surface area (Å²) in [6.07, 6.45) is 2.30. The minimum absolute atomic E-state index is 0.130. The van der Waals surface area contributed by atoms with E-state index in [0.717, 1.165) is 5.56 Å². The lowest BCUT2D eigenvalue weighted by Gasteiger charge is -2.16. The zero-order valence-electron chi connectivity index (χ0n) is 17.2. The van der Waals surface area contributed by atoms with E-state index in [9.17, 15) is 14.9 Å². The number of methoxy groups -OCH3 is 1. The molecule has 0 radical (unpaired) electrons. The number of ether oxygens (including phenoxy) is 2. The van der Waals surface area contributed by atoms with Crippen molar-refractivity contribution >= 4 is 11.6 Å². The van der Waals surface area contributed by atoms with Gasteiger partial charge in [-0.15, -0.1) is 5.10 Å². The van der Waals surface area contributed by atoms with Crippen molar-refractivity contribution < 1.29 is 19.2 Å². The Morgan fingerprint density at radius 1 is 1.26 bits per heavy atom. The summed E-state index contributed by atoms with van der Waals surface area (Å²) in [4.78, 5) is 22.1. The summed E-state index contributed by atoms with van der Waals surface area (Å²) in [6, 6.07) is 11.9. The molecule has 10 heteroatoms. The molecule has 0 saturated carbocycles. The smallest absolute Gasteiger partial charge is 0.278 e. The fourth-order valence-electron chi connectivity index (χ4n) is 3.11. The fraction of sp³-hybridized carbons (Fsp3) is 0.286. The number of nitrogens with zero attached hydrogens (tertiary/aromatic N) is 4. The van der Waals surface area contributed by atoms with E-state index in [1.807, 2.05) is 30.3 Å². The van der Waals surface area contributed by atoms with E-state index in [1.165, 1.54) is 13.2 Å². The van der Waals surface area contributed by atoms with Gasteiger partial charge in [0.2, 0.25) is 5.91 Å². The van der Waals surface area contributed by atoms with E-state index in [0.29, 0.717) is 23.4 Å². The van der Waals surface area contributed by atoms with Gasteiger partial charge < -0.3 is 15.2 Å². The van der Waals surface area contributed by atoms with Crippen LogP contribution in [0.5, 0.6) is 11.5 Å². The highest BCUT2D eigenvalue weighted by atomic mass is 16.6. The molecule has 162 valence electrons. The highest BCUT2D eigenvalue weighted by Gasteiger charge is 2.25. The van der Waals surface area contributed by atoms with Crippen molar-refractivity contribution in [2.75, 3.05) is 13.7 Å². The molecule has 31 heavy (non-hydrogen) atoms. The molecule has 0 aliphatic rings. The molecular weight excluding hydrogens is 402 g/mol. The average molecular weight is 425 g/mol. The highest BCUT2D eigenvalue weighted by molar-refractivity contribution is 5.73. The van der Waals surface area contributed by atoms with Gasteiger partial charge in [-0.1, -0.05) is 35.5 Å². The quantitative estimate of drug-likeness (QED) is 0.299. The summed E-state index contributed by atoms with van der Waals surface area (Å²) < 4.78 is 12.5. The normalized spacial score (nSPS) is 11.7. The molecule has 10 nitrogen and oxygen atoms in total. The van der Waals surface area contributed by atoms with Gasteiger partial charge in [0.05, 0.1) is 42.5 Å². The molecule has 1 atom stereocenters. The lowest BCUT2D eigenvalue weighted by molar-refractivity contribution is -0.385. The number of carbonyl (C=O) groups excluding carboxylic acids is 1. The topological polar surface area (TPSA) is 135 Å². The Bertz CT molecular complexity index is 1070. The van der Waals surface area contributed by atoms with Gasteiger partial charge in [0, 0.05) is 12.0 Å². The molecule has 1 amide bonds. The number of carbonyl (C=O) groups is 1. The van der Waals surface area contributed by atoms with Gasteiger partial charge in [-0.05, 0) is 19.4 Å². The third-order valence-electron chi connectivity index (χ3n) is 4.76. The Labute approximate surface area is 178 Å². The predicted molar refractivity (Wildman–Crippen MR) is 113 cm³/mol. The van der Waals surface area contributed by atoms with E-state index >= 15 is 0 Å². The first kappa shape index (κ1) is 21.8. The molecule has 2 aromatic carbocycles. The van der Waals surface area contributed by atoms with Crippen molar-refractivity contribution in [1.82, 2.24) is 15.0 Å². The molecule has 3 rings (SSSR count). The summed E-state index contributed by atoms with van der Waals surface area (Å²) in [5.74, 6) is 0.126. The second-order valence-electron chi connectivity index (χ2n) is 6.86. The largest absolute Gasteiger partial charge is 0.493 e. The Morgan fingerprint density at radius 3 is 2.65 bits per heavy atom. The monoisotopic (exact) mass is 425 g/mol. The molecule has 0 aliphatic carbocycles. The number of hydrogen-bond acceptors (Lipinski definition) is 7. The molecular formula is C21H23N5O5. The molecule has 1 unspecified atom stereocenters. The highest BCUT2D eigenvalue weighted by Crippen LogP contribution is 2.38. The van der Waals surface area contributed by atoms with Crippen LogP contribution in [-0.2, 0) is 4.79 Å². The van der Waals surface area contributed by atoms with Crippen LogP contribution in [0.1, 0.15) is 31.4 Å². The Balaban J connectivity index is 1.90. The standard InChI is InChI=1S/C21H23N5O5/c1-14(25-13-17(23-24-25)15-7-4-3-5-8-15)16-11-19(30-2)20(12-18(16)26(28)29)31-10-6-9-21(22)27/h3-5,7-8,11-14H,6,9-10H2,1-2H3,(H2,22,27). The van der Waals surface area contributed by atoms with Gasteiger partial charge in [0.15, 0.2) is 11.5 Å². The number of aromatic nitrogens is 3. The molecule has 1 aromatic heterocycles. The van der Waals surface area contributed by atoms with Crippen LogP contribution in [0.2, 0.25) is 0 Å². The van der Waals surface area contributed by atoms with Gasteiger partial charge in [-0.2, -0.15) is 0 Å². The van der Waals surface area contributed by atoms with Crippen LogP contribution in [0.15, 0.2) is 48.7 Å². The van der Waals surface area contributed by atoms with Crippen LogP contribution < -0.4 is 15.2 Å². The predicted octanol–water partition coefficient (Wildman–Crippen LogP) is 3.12. The van der Waals surface area contributed by atoms with Crippen molar-refractivity contribution in [3.63, 3.8) is 0 Å². The molecule has 3 aromatic rings. The summed E-state index contributed by atoms with van der Waals surface area (Å²) in [6.45, 7) is 1.97. The van der Waals surface area contributed by atoms with Crippen molar-refractivity contribution in [2.24, 2.45) is 5.73 Å². The minimum Gasteiger partial charge on any atom is -0.493 e. The Kier molecular flexibility index (Phi) is 6.81. The van der Waals surface area contributed by atoms with E-state index in [-0.39, 0.29) is 24.5 Å². The van der Waals surface area contributed by atoms with Gasteiger partial charge in [-0.25, -0.2) is 4.68 Å². The number of rotatable bonds is 10. The van der Waals surface area contributed by atoms with Gasteiger partial charge in [0.25, 0.3) is 5.69 Å². The van der Waals surface area contributed by atoms with Crippen molar-refractivity contribution in [3.8, 4) is 22.8 Å². The summed E-state index contributed by atoms with van der Waals surface area (Å²) >= 11 is 0. The molecule has 1 heterocycles. The molecule has 0 bridgehead atoms. The second-order valence-corrected chi connectivity index (χ2v) is 6.86. The zero-order chi connectivity index (χ0) is 22.4. The number of nitro groups is 1. The Morgan fingerprint density at radius 2 is 2.00 bits per heavy atom. The third kappa shape index (κ3) is 5.16. The van der Waals surface area contributed by atoms with Crippen molar-refractivity contribution in [2.45, 2.75) is 25.8 Å². The minimum atomic E-state index is -0.483. The Hall–Kier alpha value is -3.95. The number of primary amides is 1. The van der Waals surface area contributed by atoms with Crippen LogP contribution >= 0.6 is 0 Å². The summed E-state index contributed by atoms with van der Waals surface area (Å²) in [5, 5.41) is 20.1. The van der Waals surface area contributed by atoms with Crippen LogP contribution in [0, 0.1) is 10.1 Å². The van der Waals surface area contributed by atoms with E-state index in [1.54, 1.807) is 23.9 Å². The average Bonchev–Trinajstić information content (AvgIpc) is 3.26. The second kappa shape index (κ2) is 9.70. The summed E-state index contributed by atoms with van der Waals surface area (Å²) in [5.41, 5.74) is 6.95. The van der Waals surface area contributed by atoms with Crippen LogP contribution in [0.25, 0.3) is 11.3 Å².